The summed E-state index contributed by atoms with van der Waals surface area (Å²) in [6, 6.07) is 0. The Balaban J connectivity index is 3.59. The van der Waals surface area contributed by atoms with E-state index in [4.69, 9.17) is 20.7 Å². The molecular weight excluding hydrogens is 198 g/mol. The topological polar surface area (TPSA) is 92.8 Å². The summed E-state index contributed by atoms with van der Waals surface area (Å²) in [5, 5.41) is 17.4. The minimum Gasteiger partial charge on any atom is -0.481 e. The first-order chi connectivity index (χ1) is 7.22. The van der Waals surface area contributed by atoms with E-state index in [1.54, 1.807) is 0 Å². The smallest absolute Gasteiger partial charge is 0.306 e. The maximum Gasteiger partial charge on any atom is 0.306 e. The van der Waals surface area contributed by atoms with Crippen molar-refractivity contribution in [2.75, 3.05) is 26.4 Å². The van der Waals surface area contributed by atoms with Crippen molar-refractivity contribution < 1.29 is 19.7 Å². The fraction of sp³-hybridized carbons (Fsp3) is 0.900. The summed E-state index contributed by atoms with van der Waals surface area (Å²) >= 11 is 0. The molecule has 0 spiro atoms. The number of hydrogen-bond donors (Lipinski definition) is 3. The average molecular weight is 219 g/mol. The maximum absolute atomic E-state index is 10.8. The second-order valence-corrected chi connectivity index (χ2v) is 3.44. The van der Waals surface area contributed by atoms with Crippen LogP contribution in [0, 0.1) is 5.92 Å². The van der Waals surface area contributed by atoms with E-state index in [1.165, 1.54) is 0 Å². The first kappa shape index (κ1) is 14.3. The Morgan fingerprint density at radius 2 is 2.00 bits per heavy atom. The molecule has 1 unspecified atom stereocenters. The molecule has 5 heteroatoms. The van der Waals surface area contributed by atoms with Crippen molar-refractivity contribution in [2.45, 2.75) is 25.7 Å². The Kier molecular flexibility index (Phi) is 9.46. The van der Waals surface area contributed by atoms with Gasteiger partial charge in [-0.05, 0) is 25.8 Å². The van der Waals surface area contributed by atoms with Gasteiger partial charge in [0, 0.05) is 6.61 Å². The van der Waals surface area contributed by atoms with E-state index < -0.39 is 5.97 Å². The number of ether oxygens (including phenoxy) is 1. The largest absolute Gasteiger partial charge is 0.481 e. The lowest BCUT2D eigenvalue weighted by atomic mass is 9.99. The number of unbranched alkanes of at least 4 members (excludes halogenated alkanes) is 1. The van der Waals surface area contributed by atoms with Crippen molar-refractivity contribution in [1.82, 2.24) is 0 Å². The zero-order chi connectivity index (χ0) is 11.5. The lowest BCUT2D eigenvalue weighted by Gasteiger charge is -2.11. The predicted octanol–water partition coefficient (Wildman–Crippen LogP) is 0.215. The molecule has 5 nitrogen and oxygen atoms in total. The number of nitrogens with two attached hydrogens (primary N) is 1. The molecule has 0 aromatic carbocycles. The molecule has 0 aliphatic heterocycles. The Hall–Kier alpha value is -0.650. The Morgan fingerprint density at radius 3 is 2.53 bits per heavy atom. The van der Waals surface area contributed by atoms with Gasteiger partial charge < -0.3 is 20.7 Å². The van der Waals surface area contributed by atoms with Crippen LogP contribution in [0.15, 0.2) is 0 Å². The molecule has 4 N–H and O–H groups in total. The van der Waals surface area contributed by atoms with E-state index in [2.05, 4.69) is 0 Å². The predicted molar refractivity (Wildman–Crippen MR) is 56.6 cm³/mol. The molecule has 0 bridgehead atoms. The lowest BCUT2D eigenvalue weighted by molar-refractivity contribution is -0.142. The normalized spacial score (nSPS) is 12.7. The molecule has 1 atom stereocenters. The summed E-state index contributed by atoms with van der Waals surface area (Å²) in [5.41, 5.74) is 5.33. The van der Waals surface area contributed by atoms with Crippen LogP contribution in [0.2, 0.25) is 0 Å². The highest BCUT2D eigenvalue weighted by Gasteiger charge is 2.16. The molecule has 0 radical (unpaired) electrons. The van der Waals surface area contributed by atoms with Gasteiger partial charge in [0.1, 0.15) is 0 Å². The number of carboxylic acid groups (broad SMARTS) is 1. The molecular formula is C10H21NO4. The molecule has 0 amide bonds. The molecule has 0 aliphatic rings. The number of aliphatic hydroxyl groups excluding tert-OH is 1. The summed E-state index contributed by atoms with van der Waals surface area (Å²) in [6.07, 6.45) is 2.85. The second-order valence-electron chi connectivity index (χ2n) is 3.44. The van der Waals surface area contributed by atoms with Crippen LogP contribution in [-0.4, -0.2) is 42.5 Å². The first-order valence-corrected chi connectivity index (χ1v) is 5.33. The van der Waals surface area contributed by atoms with Gasteiger partial charge in [0.05, 0.1) is 19.1 Å². The first-order valence-electron chi connectivity index (χ1n) is 5.33. The van der Waals surface area contributed by atoms with Gasteiger partial charge in [-0.3, -0.25) is 4.79 Å². The second kappa shape index (κ2) is 9.89. The highest BCUT2D eigenvalue weighted by molar-refractivity contribution is 5.69. The van der Waals surface area contributed by atoms with Gasteiger partial charge in [-0.2, -0.15) is 0 Å². The van der Waals surface area contributed by atoms with Gasteiger partial charge in [-0.25, -0.2) is 0 Å². The van der Waals surface area contributed by atoms with Gasteiger partial charge in [-0.1, -0.05) is 6.42 Å². The summed E-state index contributed by atoms with van der Waals surface area (Å²) in [7, 11) is 0. The fourth-order valence-electron chi connectivity index (χ4n) is 1.32. The van der Waals surface area contributed by atoms with Crippen molar-refractivity contribution >= 4 is 5.97 Å². The molecule has 0 saturated heterocycles. The van der Waals surface area contributed by atoms with Gasteiger partial charge in [-0.15, -0.1) is 0 Å². The minimum atomic E-state index is -0.778. The standard InChI is InChI=1S/C10H21NO4/c11-5-2-1-3-9(10(13)14)4-7-15-8-6-12/h9,12H,1-8,11H2,(H,13,14). The molecule has 0 saturated carbocycles. The van der Waals surface area contributed by atoms with Crippen molar-refractivity contribution in [3.8, 4) is 0 Å². The van der Waals surface area contributed by atoms with E-state index >= 15 is 0 Å². The monoisotopic (exact) mass is 219 g/mol. The zero-order valence-corrected chi connectivity index (χ0v) is 9.02. The van der Waals surface area contributed by atoms with E-state index in [1.807, 2.05) is 0 Å². The zero-order valence-electron chi connectivity index (χ0n) is 9.02. The molecule has 0 heterocycles. The number of hydrogen-bond acceptors (Lipinski definition) is 4. The Labute approximate surface area is 90.2 Å². The van der Waals surface area contributed by atoms with E-state index in [-0.39, 0.29) is 19.1 Å². The molecule has 0 aliphatic carbocycles. The van der Waals surface area contributed by atoms with Crippen LogP contribution in [0.5, 0.6) is 0 Å². The van der Waals surface area contributed by atoms with Crippen molar-refractivity contribution in [3.05, 3.63) is 0 Å². The third-order valence-corrected chi connectivity index (χ3v) is 2.20. The summed E-state index contributed by atoms with van der Waals surface area (Å²) in [6.45, 7) is 1.24. The Bertz CT molecular complexity index is 164. The number of carbonyl (C=O) groups is 1. The molecule has 0 aromatic rings. The van der Waals surface area contributed by atoms with Crippen LogP contribution >= 0.6 is 0 Å². The molecule has 0 aromatic heterocycles. The molecule has 15 heavy (non-hydrogen) atoms. The van der Waals surface area contributed by atoms with Crippen LogP contribution in [-0.2, 0) is 9.53 Å². The van der Waals surface area contributed by atoms with Crippen LogP contribution in [0.1, 0.15) is 25.7 Å². The average Bonchev–Trinajstić information content (AvgIpc) is 2.21. The minimum absolute atomic E-state index is 0.0229. The summed E-state index contributed by atoms with van der Waals surface area (Å²) < 4.78 is 5.03. The van der Waals surface area contributed by atoms with Crippen molar-refractivity contribution in [2.24, 2.45) is 11.7 Å². The van der Waals surface area contributed by atoms with Crippen molar-refractivity contribution in [3.63, 3.8) is 0 Å². The van der Waals surface area contributed by atoms with Gasteiger partial charge in [0.2, 0.25) is 0 Å². The number of rotatable bonds is 10. The fourth-order valence-corrected chi connectivity index (χ4v) is 1.32. The van der Waals surface area contributed by atoms with Gasteiger partial charge in [0.25, 0.3) is 0 Å². The van der Waals surface area contributed by atoms with Crippen LogP contribution < -0.4 is 5.73 Å². The van der Waals surface area contributed by atoms with Gasteiger partial charge in [0.15, 0.2) is 0 Å². The van der Waals surface area contributed by atoms with E-state index in [0.717, 1.165) is 12.8 Å². The van der Waals surface area contributed by atoms with Gasteiger partial charge >= 0.3 is 5.97 Å². The number of carboxylic acids is 1. The third-order valence-electron chi connectivity index (χ3n) is 2.20. The van der Waals surface area contributed by atoms with Crippen LogP contribution in [0.25, 0.3) is 0 Å². The lowest BCUT2D eigenvalue weighted by Crippen LogP contribution is -2.17. The molecule has 0 fully saturated rings. The summed E-state index contributed by atoms with van der Waals surface area (Å²) in [5.74, 6) is -1.13. The molecule has 0 rings (SSSR count). The number of aliphatic carboxylic acids is 1. The highest BCUT2D eigenvalue weighted by atomic mass is 16.5. The molecule has 90 valence electrons. The highest BCUT2D eigenvalue weighted by Crippen LogP contribution is 2.13. The third kappa shape index (κ3) is 8.35. The van der Waals surface area contributed by atoms with Crippen LogP contribution in [0.3, 0.4) is 0 Å². The Morgan fingerprint density at radius 1 is 1.27 bits per heavy atom. The number of aliphatic hydroxyl groups is 1. The van der Waals surface area contributed by atoms with E-state index in [0.29, 0.717) is 26.0 Å². The van der Waals surface area contributed by atoms with Crippen LogP contribution in [0.4, 0.5) is 0 Å². The van der Waals surface area contributed by atoms with E-state index in [9.17, 15) is 4.79 Å². The maximum atomic E-state index is 10.8. The van der Waals surface area contributed by atoms with Crippen molar-refractivity contribution in [1.29, 1.82) is 0 Å². The SMILES string of the molecule is NCCCCC(CCOCCO)C(=O)O. The summed E-state index contributed by atoms with van der Waals surface area (Å²) in [4.78, 5) is 10.8. The quantitative estimate of drug-likeness (QED) is 0.457.